The van der Waals surface area contributed by atoms with E-state index in [1.165, 1.54) is 0 Å². The predicted octanol–water partition coefficient (Wildman–Crippen LogP) is 0.900. The summed E-state index contributed by atoms with van der Waals surface area (Å²) in [4.78, 5) is 42.6. The minimum absolute atomic E-state index is 0. The minimum Gasteiger partial charge on any atom is -0.791 e. The van der Waals surface area contributed by atoms with Gasteiger partial charge in [-0.2, -0.15) is 23.0 Å². The van der Waals surface area contributed by atoms with Crippen molar-refractivity contribution in [1.29, 1.82) is 0 Å². The van der Waals surface area contributed by atoms with Gasteiger partial charge in [0.1, 0.15) is 0 Å². The van der Waals surface area contributed by atoms with Gasteiger partial charge in [-0.15, -0.1) is 0 Å². The van der Waals surface area contributed by atoms with Crippen LogP contribution in [0.4, 0.5) is 0 Å². The first-order chi connectivity index (χ1) is 16.7. The molecule has 0 saturated carbocycles. The molecule has 13 heteroatoms. The Kier molecular flexibility index (Phi) is 40.9. The number of hydrogen-bond acceptors (Lipinski definition) is 8. The fourth-order valence-corrected chi connectivity index (χ4v) is 1.67. The molecular weight excluding hydrogens is 584 g/mol. The zero-order valence-corrected chi connectivity index (χ0v) is 27.1. The van der Waals surface area contributed by atoms with Crippen molar-refractivity contribution in [1.82, 2.24) is 21.3 Å². The molecule has 0 radical (unpaired) electrons. The Balaban J connectivity index is -0.000000122. The van der Waals surface area contributed by atoms with E-state index in [0.717, 1.165) is 0 Å². The second-order valence-electron chi connectivity index (χ2n) is 6.96. The van der Waals surface area contributed by atoms with Gasteiger partial charge in [0.15, 0.2) is 0 Å². The van der Waals surface area contributed by atoms with Gasteiger partial charge in [-0.3, -0.25) is 19.2 Å². The molecule has 208 valence electrons. The first-order valence-corrected chi connectivity index (χ1v) is 13.1. The summed E-state index contributed by atoms with van der Waals surface area (Å²) in [6, 6.07) is 0. The maximum absolute atomic E-state index is 10.6. The van der Waals surface area contributed by atoms with Crippen LogP contribution in [0.1, 0.15) is 27.7 Å². The molecule has 0 unspecified atom stereocenters. The van der Waals surface area contributed by atoms with Gasteiger partial charge < -0.3 is 71.8 Å². The van der Waals surface area contributed by atoms with E-state index in [1.54, 1.807) is 27.7 Å². The van der Waals surface area contributed by atoms with Gasteiger partial charge >= 0.3 is 21.7 Å². The average molecular weight is 625 g/mol. The fourth-order valence-electron chi connectivity index (χ4n) is 1.26. The Morgan fingerprint density at radius 3 is 0.676 bits per heavy atom. The van der Waals surface area contributed by atoms with E-state index < -0.39 is 0 Å². The zero-order valence-electron chi connectivity index (χ0n) is 22.3. The van der Waals surface area contributed by atoms with Gasteiger partial charge in [-0.05, 0) is 53.9 Å². The summed E-state index contributed by atoms with van der Waals surface area (Å²) in [5.74, 6) is 1.77. The Morgan fingerprint density at radius 1 is 0.459 bits per heavy atom. The van der Waals surface area contributed by atoms with Crippen molar-refractivity contribution in [2.45, 2.75) is 27.7 Å². The van der Waals surface area contributed by atoms with Crippen LogP contribution in [0, 0.1) is 0 Å². The zero-order chi connectivity index (χ0) is 29.1. The Hall–Kier alpha value is -1.05. The van der Waals surface area contributed by atoms with Crippen LogP contribution in [0.5, 0.6) is 0 Å². The third-order valence-corrected chi connectivity index (χ3v) is 3.92. The van der Waals surface area contributed by atoms with Crippen LogP contribution in [-0.2, 0) is 91.4 Å². The van der Waals surface area contributed by atoms with E-state index in [9.17, 15) is 19.2 Å². The number of carbonyl (C=O) groups excluding carboxylic acids is 4. The smallest absolute Gasteiger partial charge is 0.791 e. The Morgan fingerprint density at radius 2 is 0.595 bits per heavy atom. The predicted molar refractivity (Wildman–Crippen MR) is 160 cm³/mol. The van der Waals surface area contributed by atoms with Gasteiger partial charge in [-0.25, -0.2) is 0 Å². The topological polar surface area (TPSA) is 116 Å². The van der Waals surface area contributed by atoms with E-state index >= 15 is 0 Å². The van der Waals surface area contributed by atoms with E-state index in [4.69, 9.17) is 0 Å². The quantitative estimate of drug-likeness (QED) is 0.144. The Labute approximate surface area is 260 Å². The van der Waals surface area contributed by atoms with Gasteiger partial charge in [0.25, 0.3) is 0 Å². The number of hydrogen-bond donors (Lipinski definition) is 4. The van der Waals surface area contributed by atoms with Gasteiger partial charge in [0.05, 0.1) is 0 Å². The molecule has 4 N–H and O–H groups in total. The molecule has 0 saturated heterocycles. The van der Waals surface area contributed by atoms with Crippen molar-refractivity contribution >= 4 is 74.1 Å². The molecule has 0 rings (SSSR count). The van der Waals surface area contributed by atoms with Crippen molar-refractivity contribution in [3.8, 4) is 0 Å². The fraction of sp³-hybridized carbons (Fsp3) is 0.500. The second-order valence-corrected chi connectivity index (χ2v) is 8.59. The summed E-state index contributed by atoms with van der Waals surface area (Å²) in [5, 5.41) is 10.4. The molecule has 37 heavy (non-hydrogen) atoms. The molecule has 0 bridgehead atoms. The molecule has 8 nitrogen and oxygen atoms in total. The number of amides is 4. The summed E-state index contributed by atoms with van der Waals surface area (Å²) in [6.45, 7) is 22.7. The average Bonchev–Trinajstić information content (AvgIpc) is 2.83. The molecule has 0 aromatic rings. The normalized spacial score (nSPS) is 8.43. The molecular formula is C24H40N4O4S4Ti. The molecule has 0 spiro atoms. The van der Waals surface area contributed by atoms with Crippen LogP contribution in [0.25, 0.3) is 0 Å². The largest absolute Gasteiger partial charge is 4.00 e. The van der Waals surface area contributed by atoms with Crippen LogP contribution in [0.15, 0.2) is 48.6 Å². The molecule has 0 aromatic carbocycles. The van der Waals surface area contributed by atoms with Gasteiger partial charge in [0.2, 0.25) is 23.6 Å². The monoisotopic (exact) mass is 624 g/mol. The Bertz CT molecular complexity index is 616. The third kappa shape index (κ3) is 39.6. The molecule has 0 atom stereocenters. The molecule has 0 fully saturated rings. The van der Waals surface area contributed by atoms with Crippen molar-refractivity contribution in [3.63, 3.8) is 0 Å². The van der Waals surface area contributed by atoms with Crippen molar-refractivity contribution < 1.29 is 40.9 Å². The van der Waals surface area contributed by atoms with Crippen LogP contribution in [0.3, 0.4) is 0 Å². The van der Waals surface area contributed by atoms with Crippen molar-refractivity contribution in [2.75, 3.05) is 49.2 Å². The summed E-state index contributed by atoms with van der Waals surface area (Å²) >= 11 is 18.5. The van der Waals surface area contributed by atoms with Crippen LogP contribution < -0.4 is 21.3 Å². The molecule has 0 aromatic heterocycles. The van der Waals surface area contributed by atoms with E-state index in [2.05, 4.69) is 98.1 Å². The SMILES string of the molecule is C=C(C)C(=O)NCC[S-].C=C(C)C(=O)NCC[S-].C=C(C)C(=O)NCC[S-].C=C(C)C(=O)NCC[S-].[Ti+4]. The molecule has 4 amide bonds. The van der Waals surface area contributed by atoms with E-state index in [0.29, 0.717) is 71.5 Å². The standard InChI is InChI=1S/4C6H11NOS.Ti/c4*1-5(2)6(8)7-3-4-9;/h4*9H,1,3-4H2,2H3,(H,7,8);/q;;;;+4/p-4. The first-order valence-electron chi connectivity index (χ1n) is 10.8. The maximum atomic E-state index is 10.6. The molecule has 0 aliphatic heterocycles. The first kappa shape index (κ1) is 45.8. The molecule has 0 heterocycles. The number of nitrogens with one attached hydrogen (secondary N) is 4. The van der Waals surface area contributed by atoms with E-state index in [-0.39, 0.29) is 45.3 Å². The van der Waals surface area contributed by atoms with Crippen LogP contribution in [0.2, 0.25) is 0 Å². The van der Waals surface area contributed by atoms with Gasteiger partial charge in [0, 0.05) is 22.3 Å². The van der Waals surface area contributed by atoms with E-state index in [1.807, 2.05) is 0 Å². The maximum Gasteiger partial charge on any atom is 4.00 e. The third-order valence-electron chi connectivity index (χ3n) is 3.10. The minimum atomic E-state index is -0.111. The number of rotatable bonds is 12. The second kappa shape index (κ2) is 33.0. The molecule has 0 aliphatic rings. The van der Waals surface area contributed by atoms with Crippen LogP contribution >= 0.6 is 0 Å². The summed E-state index contributed by atoms with van der Waals surface area (Å²) in [5.41, 5.74) is 2.11. The molecule has 0 aliphatic carbocycles. The van der Waals surface area contributed by atoms with Crippen LogP contribution in [-0.4, -0.2) is 72.8 Å². The summed E-state index contributed by atoms with van der Waals surface area (Å²) in [6.07, 6.45) is 0. The van der Waals surface area contributed by atoms with Crippen molar-refractivity contribution in [3.05, 3.63) is 48.6 Å². The summed E-state index contributed by atoms with van der Waals surface area (Å²) < 4.78 is 0. The van der Waals surface area contributed by atoms with Crippen molar-refractivity contribution in [2.24, 2.45) is 0 Å². The number of carbonyl (C=O) groups is 4. The summed E-state index contributed by atoms with van der Waals surface area (Å²) in [7, 11) is 0. The van der Waals surface area contributed by atoms with Gasteiger partial charge in [-0.1, -0.05) is 26.3 Å².